The molecule has 0 spiro atoms. The normalized spacial score (nSPS) is 12.8. The lowest BCUT2D eigenvalue weighted by atomic mass is 10.0. The number of aromatic nitrogens is 1. The number of hydrogen-bond acceptors (Lipinski definition) is 5. The summed E-state index contributed by atoms with van der Waals surface area (Å²) in [5.74, 6) is 0. The highest BCUT2D eigenvalue weighted by Gasteiger charge is 2.34. The van der Waals surface area contributed by atoms with Crippen molar-refractivity contribution in [1.82, 2.24) is 10.3 Å². The van der Waals surface area contributed by atoms with Gasteiger partial charge in [0.05, 0.1) is 29.0 Å². The third-order valence-electron chi connectivity index (χ3n) is 4.80. The van der Waals surface area contributed by atoms with Gasteiger partial charge in [0, 0.05) is 31.5 Å². The molecule has 0 aliphatic carbocycles. The summed E-state index contributed by atoms with van der Waals surface area (Å²) in [5, 5.41) is 13.0. The van der Waals surface area contributed by atoms with Crippen molar-refractivity contribution >= 4 is 17.3 Å². The largest absolute Gasteiger partial charge is 0.418 e. The van der Waals surface area contributed by atoms with Gasteiger partial charge < -0.3 is 20.9 Å². The second-order valence-corrected chi connectivity index (χ2v) is 7.69. The Labute approximate surface area is 185 Å². The van der Waals surface area contributed by atoms with Crippen LogP contribution in [0.5, 0.6) is 0 Å². The quantitative estimate of drug-likeness (QED) is 0.297. The summed E-state index contributed by atoms with van der Waals surface area (Å²) in [6, 6.07) is 7.94. The maximum absolute atomic E-state index is 13.0. The fourth-order valence-electron chi connectivity index (χ4n) is 3.05. The lowest BCUT2D eigenvalue weighted by molar-refractivity contribution is -0.137. The minimum absolute atomic E-state index is 0.0851. The number of alkyl halides is 3. The Morgan fingerprint density at radius 2 is 1.90 bits per heavy atom. The molecule has 0 aliphatic rings. The van der Waals surface area contributed by atoms with Crippen molar-refractivity contribution in [2.45, 2.75) is 44.4 Å². The monoisotopic (exact) mass is 459 g/mol. The van der Waals surface area contributed by atoms with Crippen LogP contribution in [0.1, 0.15) is 48.6 Å². The summed E-state index contributed by atoms with van der Waals surface area (Å²) in [6.45, 7) is 2.15. The maximum Gasteiger partial charge on any atom is 0.418 e. The molecule has 9 heteroatoms. The number of rotatable bonds is 13. The molecular weight excluding hydrogens is 431 g/mol. The van der Waals surface area contributed by atoms with Gasteiger partial charge >= 0.3 is 6.18 Å². The van der Waals surface area contributed by atoms with Crippen LogP contribution in [0, 0.1) is 0 Å². The van der Waals surface area contributed by atoms with E-state index in [-0.39, 0.29) is 17.1 Å². The van der Waals surface area contributed by atoms with E-state index in [1.165, 1.54) is 6.07 Å². The van der Waals surface area contributed by atoms with Crippen LogP contribution >= 0.6 is 11.6 Å². The van der Waals surface area contributed by atoms with Gasteiger partial charge in [0.2, 0.25) is 0 Å². The number of benzene rings is 1. The highest BCUT2D eigenvalue weighted by Crippen LogP contribution is 2.38. The third-order valence-corrected chi connectivity index (χ3v) is 5.11. The van der Waals surface area contributed by atoms with E-state index in [0.717, 1.165) is 43.9 Å². The fraction of sp³-hybridized carbons (Fsp3) is 0.500. The topological polar surface area (TPSA) is 80.4 Å². The van der Waals surface area contributed by atoms with Crippen LogP contribution in [0.15, 0.2) is 36.5 Å². The van der Waals surface area contributed by atoms with E-state index < -0.39 is 23.5 Å². The van der Waals surface area contributed by atoms with Crippen LogP contribution < -0.4 is 11.1 Å². The zero-order valence-electron chi connectivity index (χ0n) is 17.3. The SMILES string of the molecule is Nc1c(Cl)cc(C(O)CNCCCCCCOCCc2ccccn2)cc1C(F)(F)F. The fourth-order valence-corrected chi connectivity index (χ4v) is 3.28. The van der Waals surface area contributed by atoms with Crippen molar-refractivity contribution in [1.29, 1.82) is 0 Å². The van der Waals surface area contributed by atoms with Crippen molar-refractivity contribution in [2.75, 3.05) is 32.0 Å². The van der Waals surface area contributed by atoms with Crippen LogP contribution in [0.4, 0.5) is 18.9 Å². The number of halogens is 4. The van der Waals surface area contributed by atoms with Crippen molar-refractivity contribution in [3.05, 3.63) is 58.4 Å². The molecule has 2 rings (SSSR count). The first kappa shape index (κ1) is 25.4. The molecule has 0 aliphatic heterocycles. The zero-order valence-corrected chi connectivity index (χ0v) is 18.1. The van der Waals surface area contributed by atoms with Crippen molar-refractivity contribution < 1.29 is 23.0 Å². The van der Waals surface area contributed by atoms with E-state index in [0.29, 0.717) is 19.8 Å². The molecule has 0 bridgehead atoms. The summed E-state index contributed by atoms with van der Waals surface area (Å²) >= 11 is 5.79. The van der Waals surface area contributed by atoms with Crippen molar-refractivity contribution in [2.24, 2.45) is 0 Å². The Hall–Kier alpha value is -1.87. The number of aliphatic hydroxyl groups excluding tert-OH is 1. The summed E-state index contributed by atoms with van der Waals surface area (Å²) < 4.78 is 44.7. The van der Waals surface area contributed by atoms with Crippen LogP contribution in [0.2, 0.25) is 5.02 Å². The Balaban J connectivity index is 1.55. The average molecular weight is 460 g/mol. The molecule has 0 fully saturated rings. The smallest absolute Gasteiger partial charge is 0.397 e. The molecule has 1 unspecified atom stereocenters. The van der Waals surface area contributed by atoms with E-state index in [2.05, 4.69) is 10.3 Å². The molecule has 1 heterocycles. The van der Waals surface area contributed by atoms with Gasteiger partial charge in [-0.15, -0.1) is 0 Å². The number of ether oxygens (including phenoxy) is 1. The van der Waals surface area contributed by atoms with Gasteiger partial charge in [-0.05, 0) is 49.2 Å². The molecule has 31 heavy (non-hydrogen) atoms. The summed E-state index contributed by atoms with van der Waals surface area (Å²) in [5.41, 5.74) is 4.95. The highest BCUT2D eigenvalue weighted by atomic mass is 35.5. The zero-order chi connectivity index (χ0) is 22.7. The molecule has 172 valence electrons. The van der Waals surface area contributed by atoms with Gasteiger partial charge in [0.15, 0.2) is 0 Å². The number of unbranched alkanes of at least 4 members (excludes halogenated alkanes) is 3. The lowest BCUT2D eigenvalue weighted by Crippen LogP contribution is -2.23. The minimum Gasteiger partial charge on any atom is -0.397 e. The second kappa shape index (κ2) is 12.9. The molecule has 5 nitrogen and oxygen atoms in total. The molecule has 1 atom stereocenters. The summed E-state index contributed by atoms with van der Waals surface area (Å²) in [4.78, 5) is 4.24. The summed E-state index contributed by atoms with van der Waals surface area (Å²) in [7, 11) is 0. The second-order valence-electron chi connectivity index (χ2n) is 7.28. The average Bonchev–Trinajstić information content (AvgIpc) is 2.73. The van der Waals surface area contributed by atoms with Crippen molar-refractivity contribution in [3.63, 3.8) is 0 Å². The van der Waals surface area contributed by atoms with Gasteiger partial charge in [0.1, 0.15) is 0 Å². The van der Waals surface area contributed by atoms with E-state index >= 15 is 0 Å². The first-order valence-corrected chi connectivity index (χ1v) is 10.7. The molecule has 2 aromatic rings. The number of nitrogens with zero attached hydrogens (tertiary/aromatic N) is 1. The van der Waals surface area contributed by atoms with E-state index in [1.54, 1.807) is 6.20 Å². The Kier molecular flexibility index (Phi) is 10.5. The number of nitrogens with two attached hydrogens (primary N) is 1. The highest BCUT2D eigenvalue weighted by molar-refractivity contribution is 6.33. The van der Waals surface area contributed by atoms with Crippen LogP contribution in [0.25, 0.3) is 0 Å². The Morgan fingerprint density at radius 3 is 2.61 bits per heavy atom. The van der Waals surface area contributed by atoms with Gasteiger partial charge in [-0.25, -0.2) is 0 Å². The predicted molar refractivity (Wildman–Crippen MR) is 116 cm³/mol. The number of anilines is 1. The molecule has 0 saturated heterocycles. The lowest BCUT2D eigenvalue weighted by Gasteiger charge is -2.17. The molecule has 1 aromatic heterocycles. The Bertz CT molecular complexity index is 792. The minimum atomic E-state index is -4.63. The molecular formula is C22H29ClF3N3O2. The van der Waals surface area contributed by atoms with E-state index in [9.17, 15) is 18.3 Å². The summed E-state index contributed by atoms with van der Waals surface area (Å²) in [6.07, 6.45) is 0.732. The Morgan fingerprint density at radius 1 is 1.13 bits per heavy atom. The maximum atomic E-state index is 13.0. The number of pyridine rings is 1. The standard InChI is InChI=1S/C22H29ClF3N3O2/c23-19-14-16(13-18(21(19)27)22(24,25)26)20(30)15-28-9-4-1-2-6-11-31-12-8-17-7-3-5-10-29-17/h3,5,7,10,13-14,20,28,30H,1-2,4,6,8-9,11-12,15,27H2. The van der Waals surface area contributed by atoms with Crippen molar-refractivity contribution in [3.8, 4) is 0 Å². The van der Waals surface area contributed by atoms with E-state index in [1.807, 2.05) is 18.2 Å². The number of hydrogen-bond donors (Lipinski definition) is 3. The molecule has 0 radical (unpaired) electrons. The predicted octanol–water partition coefficient (Wildman–Crippen LogP) is 4.78. The first-order valence-electron chi connectivity index (χ1n) is 10.3. The van der Waals surface area contributed by atoms with Gasteiger partial charge in [0.25, 0.3) is 0 Å². The van der Waals surface area contributed by atoms with Crippen LogP contribution in [-0.2, 0) is 17.3 Å². The molecule has 4 N–H and O–H groups in total. The third kappa shape index (κ3) is 9.03. The van der Waals surface area contributed by atoms with Gasteiger partial charge in [-0.2, -0.15) is 13.2 Å². The van der Waals surface area contributed by atoms with E-state index in [4.69, 9.17) is 22.1 Å². The molecule has 1 aromatic carbocycles. The van der Waals surface area contributed by atoms with Gasteiger partial charge in [-0.3, -0.25) is 4.98 Å². The van der Waals surface area contributed by atoms with Gasteiger partial charge in [-0.1, -0.05) is 30.5 Å². The first-order chi connectivity index (χ1) is 14.8. The number of nitrogen functional groups attached to an aromatic ring is 1. The number of aliphatic hydroxyl groups is 1. The molecule has 0 amide bonds. The van der Waals surface area contributed by atoms with Crippen LogP contribution in [0.3, 0.4) is 0 Å². The van der Waals surface area contributed by atoms with Crippen LogP contribution in [-0.4, -0.2) is 36.4 Å². The molecule has 0 saturated carbocycles. The number of nitrogens with one attached hydrogen (secondary N) is 1.